The van der Waals surface area contributed by atoms with E-state index in [9.17, 15) is 9.59 Å². The van der Waals surface area contributed by atoms with E-state index in [0.717, 1.165) is 30.7 Å². The van der Waals surface area contributed by atoms with Crippen molar-refractivity contribution < 1.29 is 9.53 Å². The van der Waals surface area contributed by atoms with Gasteiger partial charge in [-0.15, -0.1) is 0 Å². The lowest BCUT2D eigenvalue weighted by Crippen LogP contribution is -2.33. The Morgan fingerprint density at radius 3 is 2.83 bits per heavy atom. The van der Waals surface area contributed by atoms with E-state index in [1.165, 1.54) is 10.7 Å². The number of nitrogens with zero attached hydrogens (tertiary/aromatic N) is 2. The lowest BCUT2D eigenvalue weighted by Gasteiger charge is -2.11. The van der Waals surface area contributed by atoms with E-state index >= 15 is 0 Å². The number of carbonyl (C=O) groups is 1. The molecular weight excluding hydrogens is 306 g/mol. The van der Waals surface area contributed by atoms with Crippen LogP contribution < -0.4 is 10.9 Å². The minimum atomic E-state index is -0.207. The summed E-state index contributed by atoms with van der Waals surface area (Å²) in [6.07, 6.45) is 2.38. The van der Waals surface area contributed by atoms with Crippen molar-refractivity contribution in [3.63, 3.8) is 0 Å². The quantitative estimate of drug-likeness (QED) is 0.874. The van der Waals surface area contributed by atoms with Crippen LogP contribution in [0.15, 0.2) is 47.3 Å². The summed E-state index contributed by atoms with van der Waals surface area (Å²) in [5.74, 6) is -0.0932. The summed E-state index contributed by atoms with van der Waals surface area (Å²) in [4.78, 5) is 23.9. The summed E-state index contributed by atoms with van der Waals surface area (Å²) >= 11 is 0. The molecule has 6 heteroatoms. The number of hydrogen-bond donors (Lipinski definition) is 1. The lowest BCUT2D eigenvalue weighted by atomic mass is 10.1. The molecule has 1 aromatic carbocycles. The molecule has 0 spiro atoms. The monoisotopic (exact) mass is 327 g/mol. The largest absolute Gasteiger partial charge is 0.376 e. The van der Waals surface area contributed by atoms with Crippen molar-refractivity contribution in [2.24, 2.45) is 0 Å². The Kier molecular flexibility index (Phi) is 5.38. The summed E-state index contributed by atoms with van der Waals surface area (Å²) in [6, 6.07) is 12.8. The standard InChI is InChI=1S/C18H21N3O3/c22-17(19-13-15-7-4-12-24-15)10-11-21-18(23)9-8-16(20-21)14-5-2-1-3-6-14/h1-3,5-6,8-9,15H,4,7,10-13H2,(H,19,22)/t15-/m1/s1. The van der Waals surface area contributed by atoms with Crippen molar-refractivity contribution in [2.45, 2.75) is 31.9 Å². The van der Waals surface area contributed by atoms with Crippen LogP contribution >= 0.6 is 0 Å². The van der Waals surface area contributed by atoms with Gasteiger partial charge in [-0.1, -0.05) is 30.3 Å². The molecule has 0 saturated carbocycles. The zero-order valence-electron chi connectivity index (χ0n) is 13.5. The Bertz CT molecular complexity index is 737. The molecule has 0 unspecified atom stereocenters. The molecule has 1 saturated heterocycles. The van der Waals surface area contributed by atoms with Gasteiger partial charge in [0, 0.05) is 31.2 Å². The van der Waals surface area contributed by atoms with Crippen LogP contribution in [0.1, 0.15) is 19.3 Å². The highest BCUT2D eigenvalue weighted by Gasteiger charge is 2.16. The van der Waals surface area contributed by atoms with Gasteiger partial charge in [-0.25, -0.2) is 4.68 Å². The molecule has 0 radical (unpaired) electrons. The van der Waals surface area contributed by atoms with Crippen LogP contribution in [0.5, 0.6) is 0 Å². The van der Waals surface area contributed by atoms with E-state index in [0.29, 0.717) is 6.54 Å². The van der Waals surface area contributed by atoms with E-state index in [2.05, 4.69) is 10.4 Å². The average Bonchev–Trinajstić information content (AvgIpc) is 3.13. The fourth-order valence-corrected chi connectivity index (χ4v) is 2.70. The van der Waals surface area contributed by atoms with Gasteiger partial charge in [0.25, 0.3) is 5.56 Å². The van der Waals surface area contributed by atoms with E-state index in [1.54, 1.807) is 6.07 Å². The molecule has 1 fully saturated rings. The molecule has 2 aromatic rings. The summed E-state index contributed by atoms with van der Waals surface area (Å²) in [6.45, 7) is 1.56. The zero-order valence-corrected chi connectivity index (χ0v) is 13.5. The predicted octanol–water partition coefficient (Wildman–Crippen LogP) is 1.60. The number of ether oxygens (including phenoxy) is 1. The average molecular weight is 327 g/mol. The summed E-state index contributed by atoms with van der Waals surface area (Å²) in [5.41, 5.74) is 1.45. The molecule has 1 aliphatic rings. The molecule has 126 valence electrons. The van der Waals surface area contributed by atoms with Crippen LogP contribution in [0.4, 0.5) is 0 Å². The minimum Gasteiger partial charge on any atom is -0.376 e. The van der Waals surface area contributed by atoms with E-state index < -0.39 is 0 Å². The van der Waals surface area contributed by atoms with Gasteiger partial charge in [0.05, 0.1) is 18.3 Å². The zero-order chi connectivity index (χ0) is 16.8. The predicted molar refractivity (Wildman–Crippen MR) is 90.5 cm³/mol. The summed E-state index contributed by atoms with van der Waals surface area (Å²) < 4.78 is 6.81. The lowest BCUT2D eigenvalue weighted by molar-refractivity contribution is -0.121. The second-order valence-corrected chi connectivity index (χ2v) is 5.84. The van der Waals surface area contributed by atoms with Crippen molar-refractivity contribution in [3.8, 4) is 11.3 Å². The number of aryl methyl sites for hydroxylation is 1. The van der Waals surface area contributed by atoms with Crippen molar-refractivity contribution in [3.05, 3.63) is 52.8 Å². The fourth-order valence-electron chi connectivity index (χ4n) is 2.70. The Hall–Kier alpha value is -2.47. The van der Waals surface area contributed by atoms with Gasteiger partial charge in [-0.2, -0.15) is 5.10 Å². The highest BCUT2D eigenvalue weighted by Crippen LogP contribution is 2.14. The second kappa shape index (κ2) is 7.88. The van der Waals surface area contributed by atoms with Crippen molar-refractivity contribution in [1.29, 1.82) is 0 Å². The summed E-state index contributed by atoms with van der Waals surface area (Å²) in [7, 11) is 0. The first-order chi connectivity index (χ1) is 11.7. The van der Waals surface area contributed by atoms with Crippen LogP contribution in [0.2, 0.25) is 0 Å². The number of hydrogen-bond acceptors (Lipinski definition) is 4. The Labute approximate surface area is 140 Å². The van der Waals surface area contributed by atoms with Gasteiger partial charge < -0.3 is 10.1 Å². The Morgan fingerprint density at radius 2 is 2.08 bits per heavy atom. The third-order valence-corrected chi connectivity index (χ3v) is 4.04. The molecule has 1 aliphatic heterocycles. The highest BCUT2D eigenvalue weighted by molar-refractivity contribution is 5.75. The molecular formula is C18H21N3O3. The maximum atomic E-state index is 11.9. The van der Waals surface area contributed by atoms with Crippen molar-refractivity contribution in [1.82, 2.24) is 15.1 Å². The Balaban J connectivity index is 1.58. The molecule has 2 heterocycles. The first-order valence-electron chi connectivity index (χ1n) is 8.24. The van der Waals surface area contributed by atoms with Crippen LogP contribution in [-0.4, -0.2) is 34.9 Å². The van der Waals surface area contributed by atoms with Crippen LogP contribution in [-0.2, 0) is 16.1 Å². The van der Waals surface area contributed by atoms with Gasteiger partial charge >= 0.3 is 0 Å². The fraction of sp³-hybridized carbons (Fsp3) is 0.389. The maximum absolute atomic E-state index is 11.9. The number of rotatable bonds is 6. The van der Waals surface area contributed by atoms with Gasteiger partial charge in [-0.3, -0.25) is 9.59 Å². The molecule has 6 nitrogen and oxygen atoms in total. The number of carbonyl (C=O) groups excluding carboxylic acids is 1. The molecule has 1 N–H and O–H groups in total. The first kappa shape index (κ1) is 16.4. The van der Waals surface area contributed by atoms with Crippen LogP contribution in [0.3, 0.4) is 0 Å². The topological polar surface area (TPSA) is 73.2 Å². The third kappa shape index (κ3) is 4.29. The smallest absolute Gasteiger partial charge is 0.266 e. The van der Waals surface area contributed by atoms with Crippen molar-refractivity contribution in [2.75, 3.05) is 13.2 Å². The molecule has 1 aromatic heterocycles. The third-order valence-electron chi connectivity index (χ3n) is 4.04. The van der Waals surface area contributed by atoms with E-state index in [1.807, 2.05) is 30.3 Å². The minimum absolute atomic E-state index is 0.0932. The Morgan fingerprint density at radius 1 is 1.25 bits per heavy atom. The molecule has 3 rings (SSSR count). The molecule has 24 heavy (non-hydrogen) atoms. The number of aromatic nitrogens is 2. The normalized spacial score (nSPS) is 16.9. The number of amides is 1. The van der Waals surface area contributed by atoms with Gasteiger partial charge in [0.1, 0.15) is 0 Å². The van der Waals surface area contributed by atoms with Gasteiger partial charge in [0.2, 0.25) is 5.91 Å². The maximum Gasteiger partial charge on any atom is 0.266 e. The number of benzene rings is 1. The highest BCUT2D eigenvalue weighted by atomic mass is 16.5. The molecule has 1 amide bonds. The molecule has 1 atom stereocenters. The van der Waals surface area contributed by atoms with E-state index in [4.69, 9.17) is 4.74 Å². The molecule has 0 aliphatic carbocycles. The van der Waals surface area contributed by atoms with Crippen molar-refractivity contribution >= 4 is 5.91 Å². The van der Waals surface area contributed by atoms with Gasteiger partial charge in [-0.05, 0) is 18.9 Å². The van der Waals surface area contributed by atoms with Crippen LogP contribution in [0, 0.1) is 0 Å². The first-order valence-corrected chi connectivity index (χ1v) is 8.24. The summed E-state index contributed by atoms with van der Waals surface area (Å²) in [5, 5.41) is 7.21. The van der Waals surface area contributed by atoms with Crippen LogP contribution in [0.25, 0.3) is 11.3 Å². The number of nitrogens with one attached hydrogen (secondary N) is 1. The second-order valence-electron chi connectivity index (χ2n) is 5.84. The SMILES string of the molecule is O=C(CCn1nc(-c2ccccc2)ccc1=O)NC[C@H]1CCCO1. The van der Waals surface area contributed by atoms with E-state index in [-0.39, 0.29) is 30.5 Å². The molecule has 0 bridgehead atoms. The van der Waals surface area contributed by atoms with Gasteiger partial charge in [0.15, 0.2) is 0 Å².